The first-order chi connectivity index (χ1) is 7.06. The summed E-state index contributed by atoms with van der Waals surface area (Å²) in [5, 5.41) is 0. The molecule has 0 saturated carbocycles. The number of nitrogens with two attached hydrogens (primary N) is 1. The number of hydrogen-bond donors (Lipinski definition) is 1. The first-order valence-electron chi connectivity index (χ1n) is 5.50. The van der Waals surface area contributed by atoms with Gasteiger partial charge in [0.25, 0.3) is 0 Å². The van der Waals surface area contributed by atoms with Crippen molar-refractivity contribution in [3.8, 4) is 0 Å². The van der Waals surface area contributed by atoms with E-state index in [1.54, 1.807) is 0 Å². The van der Waals surface area contributed by atoms with Crippen molar-refractivity contribution in [2.45, 2.75) is 39.3 Å². The van der Waals surface area contributed by atoms with Crippen LogP contribution in [0.1, 0.15) is 38.8 Å². The van der Waals surface area contributed by atoms with Crippen LogP contribution in [0.3, 0.4) is 0 Å². The second-order valence-electron chi connectivity index (χ2n) is 4.10. The highest BCUT2D eigenvalue weighted by Crippen LogP contribution is 2.18. The first kappa shape index (κ1) is 12.0. The number of pyridine rings is 1. The first-order valence-corrected chi connectivity index (χ1v) is 5.50. The minimum absolute atomic E-state index is 0.0667. The van der Waals surface area contributed by atoms with Crippen LogP contribution in [0.2, 0.25) is 0 Å². The zero-order valence-electron chi connectivity index (χ0n) is 10.1. The van der Waals surface area contributed by atoms with E-state index in [1.807, 2.05) is 19.2 Å². The molecule has 1 rings (SSSR count). The van der Waals surface area contributed by atoms with Crippen molar-refractivity contribution in [1.29, 1.82) is 0 Å². The Hall–Kier alpha value is -1.09. The molecule has 15 heavy (non-hydrogen) atoms. The Morgan fingerprint density at radius 1 is 1.47 bits per heavy atom. The summed E-state index contributed by atoms with van der Waals surface area (Å²) in [6, 6.07) is 4.60. The van der Waals surface area contributed by atoms with Gasteiger partial charge in [0.05, 0.1) is 0 Å². The third-order valence-corrected chi connectivity index (χ3v) is 2.91. The van der Waals surface area contributed by atoms with Crippen LogP contribution >= 0.6 is 0 Å². The average Bonchev–Trinajstić information content (AvgIpc) is 2.27. The molecule has 1 heterocycles. The average molecular weight is 207 g/mol. The van der Waals surface area contributed by atoms with E-state index in [0.717, 1.165) is 17.8 Å². The van der Waals surface area contributed by atoms with Gasteiger partial charge in [-0.25, -0.2) is 4.98 Å². The lowest BCUT2D eigenvalue weighted by Crippen LogP contribution is -2.28. The molecule has 3 nitrogen and oxygen atoms in total. The van der Waals surface area contributed by atoms with Crippen molar-refractivity contribution in [3.05, 3.63) is 23.9 Å². The molecule has 0 saturated heterocycles. The van der Waals surface area contributed by atoms with Gasteiger partial charge in [-0.15, -0.1) is 0 Å². The van der Waals surface area contributed by atoms with Gasteiger partial charge in [-0.3, -0.25) is 0 Å². The molecule has 2 N–H and O–H groups in total. The van der Waals surface area contributed by atoms with Crippen LogP contribution in [0.5, 0.6) is 0 Å². The molecular formula is C12H21N3. The Morgan fingerprint density at radius 2 is 2.13 bits per heavy atom. The topological polar surface area (TPSA) is 42.1 Å². The molecule has 0 spiro atoms. The van der Waals surface area contributed by atoms with Crippen molar-refractivity contribution in [3.63, 3.8) is 0 Å². The number of hydrogen-bond acceptors (Lipinski definition) is 3. The van der Waals surface area contributed by atoms with Gasteiger partial charge < -0.3 is 10.6 Å². The Kier molecular flexibility index (Phi) is 4.09. The molecule has 0 fully saturated rings. The highest BCUT2D eigenvalue weighted by molar-refractivity contribution is 5.41. The molecule has 84 valence electrons. The highest BCUT2D eigenvalue weighted by Gasteiger charge is 2.10. The third-order valence-electron chi connectivity index (χ3n) is 2.91. The van der Waals surface area contributed by atoms with Gasteiger partial charge >= 0.3 is 0 Å². The van der Waals surface area contributed by atoms with E-state index < -0.39 is 0 Å². The molecular weight excluding hydrogens is 186 g/mol. The fourth-order valence-corrected chi connectivity index (χ4v) is 1.41. The lowest BCUT2D eigenvalue weighted by Gasteiger charge is -2.25. The summed E-state index contributed by atoms with van der Waals surface area (Å²) >= 11 is 0. The van der Waals surface area contributed by atoms with E-state index in [-0.39, 0.29) is 6.04 Å². The van der Waals surface area contributed by atoms with Crippen LogP contribution in [0.4, 0.5) is 5.82 Å². The van der Waals surface area contributed by atoms with Crippen LogP contribution in [0, 0.1) is 0 Å². The second-order valence-corrected chi connectivity index (χ2v) is 4.10. The molecule has 0 radical (unpaired) electrons. The summed E-state index contributed by atoms with van der Waals surface area (Å²) in [6.07, 6.45) is 2.94. The molecule has 0 aliphatic heterocycles. The molecule has 1 aromatic heterocycles. The zero-order valence-corrected chi connectivity index (χ0v) is 10.1. The Balaban J connectivity index is 2.90. The van der Waals surface area contributed by atoms with Crippen molar-refractivity contribution in [1.82, 2.24) is 4.98 Å². The van der Waals surface area contributed by atoms with E-state index in [4.69, 9.17) is 5.73 Å². The van der Waals surface area contributed by atoms with E-state index in [1.165, 1.54) is 0 Å². The standard InChI is InChI=1S/C12H21N3/c1-5-9(2)15(4)12-8-11(10(3)13)6-7-14-12/h6-10H,5,13H2,1-4H3/t9?,10-/m0/s1. The van der Waals surface area contributed by atoms with E-state index >= 15 is 0 Å². The molecule has 0 aliphatic carbocycles. The molecule has 0 amide bonds. The van der Waals surface area contributed by atoms with Gasteiger partial charge in [0.2, 0.25) is 0 Å². The lowest BCUT2D eigenvalue weighted by atomic mass is 10.1. The van der Waals surface area contributed by atoms with E-state index in [9.17, 15) is 0 Å². The number of aromatic nitrogens is 1. The van der Waals surface area contributed by atoms with Gasteiger partial charge in [0, 0.05) is 25.3 Å². The Labute approximate surface area is 92.3 Å². The van der Waals surface area contributed by atoms with Gasteiger partial charge in [0.15, 0.2) is 0 Å². The van der Waals surface area contributed by atoms with Gasteiger partial charge in [0.1, 0.15) is 5.82 Å². The minimum Gasteiger partial charge on any atom is -0.357 e. The van der Waals surface area contributed by atoms with Crippen LogP contribution in [-0.2, 0) is 0 Å². The van der Waals surface area contributed by atoms with Crippen LogP contribution in [-0.4, -0.2) is 18.1 Å². The van der Waals surface area contributed by atoms with Crippen molar-refractivity contribution < 1.29 is 0 Å². The second kappa shape index (κ2) is 5.12. The van der Waals surface area contributed by atoms with E-state index in [2.05, 4.69) is 36.8 Å². The minimum atomic E-state index is 0.0667. The number of nitrogens with zero attached hydrogens (tertiary/aromatic N) is 2. The Morgan fingerprint density at radius 3 is 2.67 bits per heavy atom. The summed E-state index contributed by atoms with van der Waals surface area (Å²) in [5.41, 5.74) is 6.98. The number of anilines is 1. The quantitative estimate of drug-likeness (QED) is 0.824. The van der Waals surface area contributed by atoms with Gasteiger partial charge in [-0.2, -0.15) is 0 Å². The van der Waals surface area contributed by atoms with E-state index in [0.29, 0.717) is 6.04 Å². The predicted molar refractivity (Wildman–Crippen MR) is 65.0 cm³/mol. The smallest absolute Gasteiger partial charge is 0.128 e. The maximum absolute atomic E-state index is 5.85. The van der Waals surface area contributed by atoms with Gasteiger partial charge in [-0.05, 0) is 38.0 Å². The molecule has 0 aliphatic rings. The maximum Gasteiger partial charge on any atom is 0.128 e. The fourth-order valence-electron chi connectivity index (χ4n) is 1.41. The van der Waals surface area contributed by atoms with Crippen LogP contribution in [0.15, 0.2) is 18.3 Å². The Bertz CT molecular complexity index is 309. The monoisotopic (exact) mass is 207 g/mol. The third kappa shape index (κ3) is 2.93. The maximum atomic E-state index is 5.85. The summed E-state index contributed by atoms with van der Waals surface area (Å²) in [5.74, 6) is 0.999. The van der Waals surface area contributed by atoms with Crippen molar-refractivity contribution in [2.24, 2.45) is 5.73 Å². The number of rotatable bonds is 4. The molecule has 3 heteroatoms. The normalized spacial score (nSPS) is 14.7. The molecule has 0 aromatic carbocycles. The van der Waals surface area contributed by atoms with Gasteiger partial charge in [-0.1, -0.05) is 6.92 Å². The van der Waals surface area contributed by atoms with Crippen molar-refractivity contribution >= 4 is 5.82 Å². The largest absolute Gasteiger partial charge is 0.357 e. The summed E-state index contributed by atoms with van der Waals surface area (Å²) in [6.45, 7) is 6.36. The predicted octanol–water partition coefficient (Wildman–Crippen LogP) is 2.34. The molecule has 1 aromatic rings. The van der Waals surface area contributed by atoms with Crippen LogP contribution in [0.25, 0.3) is 0 Å². The van der Waals surface area contributed by atoms with Crippen LogP contribution < -0.4 is 10.6 Å². The SMILES string of the molecule is CCC(C)N(C)c1cc([C@H](C)N)ccn1. The molecule has 0 bridgehead atoms. The molecule has 1 unspecified atom stereocenters. The summed E-state index contributed by atoms with van der Waals surface area (Å²) in [4.78, 5) is 6.55. The molecule has 2 atom stereocenters. The highest BCUT2D eigenvalue weighted by atomic mass is 15.2. The fraction of sp³-hybridized carbons (Fsp3) is 0.583. The zero-order chi connectivity index (χ0) is 11.4. The lowest BCUT2D eigenvalue weighted by molar-refractivity contribution is 0.655. The van der Waals surface area contributed by atoms with Crippen molar-refractivity contribution in [2.75, 3.05) is 11.9 Å². The summed E-state index contributed by atoms with van der Waals surface area (Å²) in [7, 11) is 2.07. The summed E-state index contributed by atoms with van der Waals surface area (Å²) < 4.78 is 0.